The lowest BCUT2D eigenvalue weighted by atomic mass is 10.3. The van der Waals surface area contributed by atoms with Crippen molar-refractivity contribution in [3.05, 3.63) is 27.2 Å². The number of hydrogen-bond acceptors (Lipinski definition) is 2. The molecule has 0 radical (unpaired) electrons. The highest BCUT2D eigenvalue weighted by Gasteiger charge is 2.16. The molecule has 0 saturated carbocycles. The number of hydrogen-bond donors (Lipinski definition) is 0. The van der Waals surface area contributed by atoms with Crippen molar-refractivity contribution < 1.29 is 8.78 Å². The SMILES string of the molecule is Cc1cc(I)cn2c(C(F)F)nnc12. The molecule has 14 heavy (non-hydrogen) atoms. The average Bonchev–Trinajstić information content (AvgIpc) is 2.47. The lowest BCUT2D eigenvalue weighted by Gasteiger charge is -2.01. The van der Waals surface area contributed by atoms with E-state index in [4.69, 9.17) is 0 Å². The van der Waals surface area contributed by atoms with Crippen molar-refractivity contribution in [3.63, 3.8) is 0 Å². The molecule has 3 nitrogen and oxygen atoms in total. The minimum absolute atomic E-state index is 0.304. The standard InChI is InChI=1S/C8H6F2IN3/c1-4-2-5(11)3-14-7(4)12-13-8(14)6(9)10/h2-3,6H,1H3. The Morgan fingerprint density at radius 2 is 2.14 bits per heavy atom. The number of aryl methyl sites for hydroxylation is 1. The second-order valence-corrected chi connectivity index (χ2v) is 4.14. The predicted octanol–water partition coefficient (Wildman–Crippen LogP) is 2.58. The second-order valence-electron chi connectivity index (χ2n) is 2.89. The zero-order valence-corrected chi connectivity index (χ0v) is 9.37. The molecule has 6 heteroatoms. The molecule has 2 heterocycles. The summed E-state index contributed by atoms with van der Waals surface area (Å²) < 4.78 is 27.2. The Kier molecular flexibility index (Phi) is 2.38. The van der Waals surface area contributed by atoms with Gasteiger partial charge in [0.25, 0.3) is 6.43 Å². The van der Waals surface area contributed by atoms with Gasteiger partial charge in [0.15, 0.2) is 5.65 Å². The highest BCUT2D eigenvalue weighted by Crippen LogP contribution is 2.20. The fourth-order valence-corrected chi connectivity index (χ4v) is 2.03. The molecule has 0 spiro atoms. The second kappa shape index (κ2) is 3.41. The van der Waals surface area contributed by atoms with Crippen molar-refractivity contribution >= 4 is 28.2 Å². The van der Waals surface area contributed by atoms with Gasteiger partial charge in [0.05, 0.1) is 0 Å². The number of rotatable bonds is 1. The third-order valence-electron chi connectivity index (χ3n) is 1.88. The Labute approximate surface area is 92.3 Å². The van der Waals surface area contributed by atoms with Crippen molar-refractivity contribution in [2.24, 2.45) is 0 Å². The molecular formula is C8H6F2IN3. The zero-order chi connectivity index (χ0) is 10.3. The van der Waals surface area contributed by atoms with Gasteiger partial charge < -0.3 is 0 Å². The first kappa shape index (κ1) is 9.75. The molecule has 0 aliphatic carbocycles. The Balaban J connectivity index is 2.78. The van der Waals surface area contributed by atoms with Crippen LogP contribution in [0.15, 0.2) is 12.3 Å². The van der Waals surface area contributed by atoms with Crippen LogP contribution in [0.25, 0.3) is 5.65 Å². The third kappa shape index (κ3) is 1.47. The molecule has 0 N–H and O–H groups in total. The molecule has 0 aromatic carbocycles. The van der Waals surface area contributed by atoms with Gasteiger partial charge in [-0.2, -0.15) is 0 Å². The van der Waals surface area contributed by atoms with Gasteiger partial charge in [0.1, 0.15) is 0 Å². The fourth-order valence-electron chi connectivity index (χ4n) is 1.28. The lowest BCUT2D eigenvalue weighted by Crippen LogP contribution is -1.96. The van der Waals surface area contributed by atoms with Gasteiger partial charge in [0, 0.05) is 9.77 Å². The first-order chi connectivity index (χ1) is 6.59. The van der Waals surface area contributed by atoms with E-state index in [1.54, 1.807) is 6.20 Å². The van der Waals surface area contributed by atoms with Crippen LogP contribution in [0.3, 0.4) is 0 Å². The van der Waals surface area contributed by atoms with Crippen LogP contribution in [0, 0.1) is 10.5 Å². The lowest BCUT2D eigenvalue weighted by molar-refractivity contribution is 0.139. The fraction of sp³-hybridized carbons (Fsp3) is 0.250. The zero-order valence-electron chi connectivity index (χ0n) is 7.21. The van der Waals surface area contributed by atoms with Crippen LogP contribution in [-0.2, 0) is 0 Å². The van der Waals surface area contributed by atoms with Gasteiger partial charge in [-0.1, -0.05) is 0 Å². The van der Waals surface area contributed by atoms with E-state index >= 15 is 0 Å². The van der Waals surface area contributed by atoms with E-state index in [1.807, 2.05) is 13.0 Å². The summed E-state index contributed by atoms with van der Waals surface area (Å²) in [5, 5.41) is 7.17. The van der Waals surface area contributed by atoms with Gasteiger partial charge in [0.2, 0.25) is 5.82 Å². The van der Waals surface area contributed by atoms with E-state index in [-0.39, 0.29) is 5.82 Å². The molecule has 2 rings (SSSR count). The maximum atomic E-state index is 12.5. The number of alkyl halides is 2. The van der Waals surface area contributed by atoms with Crippen LogP contribution in [-0.4, -0.2) is 14.6 Å². The summed E-state index contributed by atoms with van der Waals surface area (Å²) in [6, 6.07) is 1.87. The average molecular weight is 309 g/mol. The van der Waals surface area contributed by atoms with Crippen LogP contribution in [0.1, 0.15) is 17.8 Å². The Morgan fingerprint density at radius 1 is 1.43 bits per heavy atom. The van der Waals surface area contributed by atoms with Gasteiger partial charge in [-0.05, 0) is 41.1 Å². The molecule has 0 amide bonds. The molecule has 0 aliphatic heterocycles. The van der Waals surface area contributed by atoms with Gasteiger partial charge >= 0.3 is 0 Å². The van der Waals surface area contributed by atoms with Crippen molar-refractivity contribution in [3.8, 4) is 0 Å². The summed E-state index contributed by atoms with van der Waals surface area (Å²) in [6.45, 7) is 1.82. The first-order valence-electron chi connectivity index (χ1n) is 3.88. The molecule has 0 saturated heterocycles. The molecule has 0 unspecified atom stereocenters. The Morgan fingerprint density at radius 3 is 2.79 bits per heavy atom. The normalized spacial score (nSPS) is 11.5. The highest BCUT2D eigenvalue weighted by atomic mass is 127. The number of fused-ring (bicyclic) bond motifs is 1. The minimum atomic E-state index is -2.59. The molecule has 74 valence electrons. The summed E-state index contributed by atoms with van der Waals surface area (Å²) in [4.78, 5) is 0. The smallest absolute Gasteiger partial charge is 0.280 e. The summed E-state index contributed by atoms with van der Waals surface area (Å²) in [7, 11) is 0. The maximum Gasteiger partial charge on any atom is 0.297 e. The summed E-state index contributed by atoms with van der Waals surface area (Å²) in [6.07, 6.45) is -0.993. The maximum absolute atomic E-state index is 12.5. The number of aromatic nitrogens is 3. The van der Waals surface area contributed by atoms with Crippen LogP contribution in [0.4, 0.5) is 8.78 Å². The number of pyridine rings is 1. The number of halogens is 3. The topological polar surface area (TPSA) is 30.2 Å². The van der Waals surface area contributed by atoms with Gasteiger partial charge in [-0.25, -0.2) is 8.78 Å². The minimum Gasteiger partial charge on any atom is -0.280 e. The van der Waals surface area contributed by atoms with Gasteiger partial charge in [-0.15, -0.1) is 10.2 Å². The van der Waals surface area contributed by atoms with Crippen molar-refractivity contribution in [2.75, 3.05) is 0 Å². The monoisotopic (exact) mass is 309 g/mol. The van der Waals surface area contributed by atoms with Crippen molar-refractivity contribution in [1.29, 1.82) is 0 Å². The molecule has 0 fully saturated rings. The Hall–Kier alpha value is -0.790. The van der Waals surface area contributed by atoms with E-state index in [0.717, 1.165) is 9.13 Å². The highest BCUT2D eigenvalue weighted by molar-refractivity contribution is 14.1. The molecule has 2 aromatic heterocycles. The molecule has 2 aromatic rings. The van der Waals surface area contributed by atoms with Crippen LogP contribution in [0.2, 0.25) is 0 Å². The Bertz CT molecular complexity index is 481. The molecule has 0 atom stereocenters. The van der Waals surface area contributed by atoms with Crippen molar-refractivity contribution in [1.82, 2.24) is 14.6 Å². The third-order valence-corrected chi connectivity index (χ3v) is 2.47. The summed E-state index contributed by atoms with van der Waals surface area (Å²) in [5.74, 6) is -0.304. The summed E-state index contributed by atoms with van der Waals surface area (Å²) >= 11 is 2.07. The van der Waals surface area contributed by atoms with Crippen LogP contribution >= 0.6 is 22.6 Å². The van der Waals surface area contributed by atoms with Crippen molar-refractivity contribution in [2.45, 2.75) is 13.3 Å². The van der Waals surface area contributed by atoms with E-state index in [0.29, 0.717) is 5.65 Å². The van der Waals surface area contributed by atoms with E-state index < -0.39 is 6.43 Å². The van der Waals surface area contributed by atoms with E-state index in [2.05, 4.69) is 32.8 Å². The summed E-state index contributed by atoms with van der Waals surface area (Å²) in [5.41, 5.74) is 1.33. The molecular weight excluding hydrogens is 303 g/mol. The van der Waals surface area contributed by atoms with Gasteiger partial charge in [-0.3, -0.25) is 4.40 Å². The van der Waals surface area contributed by atoms with E-state index in [1.165, 1.54) is 4.40 Å². The first-order valence-corrected chi connectivity index (χ1v) is 4.96. The largest absolute Gasteiger partial charge is 0.297 e. The molecule has 0 aliphatic rings. The predicted molar refractivity (Wildman–Crippen MR) is 55.4 cm³/mol. The molecule has 0 bridgehead atoms. The quantitative estimate of drug-likeness (QED) is 0.758. The van der Waals surface area contributed by atoms with Crippen LogP contribution < -0.4 is 0 Å². The number of nitrogens with zero attached hydrogens (tertiary/aromatic N) is 3. The van der Waals surface area contributed by atoms with E-state index in [9.17, 15) is 8.78 Å². The van der Waals surface area contributed by atoms with Crippen LogP contribution in [0.5, 0.6) is 0 Å².